The van der Waals surface area contributed by atoms with Crippen LogP contribution in [0.4, 0.5) is 13.2 Å². The molecule has 2 aromatic carbocycles. The van der Waals surface area contributed by atoms with Gasteiger partial charge in [0.1, 0.15) is 0 Å². The molecule has 172 valence electrons. The van der Waals surface area contributed by atoms with Crippen molar-refractivity contribution >= 4 is 5.91 Å². The van der Waals surface area contributed by atoms with Crippen molar-refractivity contribution in [3.63, 3.8) is 0 Å². The average molecular weight is 446 g/mol. The highest BCUT2D eigenvalue weighted by Gasteiger charge is 2.51. The summed E-state index contributed by atoms with van der Waals surface area (Å²) in [5.41, 5.74) is -1.42. The van der Waals surface area contributed by atoms with Crippen LogP contribution in [0.15, 0.2) is 54.6 Å². The Morgan fingerprint density at radius 3 is 1.97 bits per heavy atom. The molecule has 0 saturated heterocycles. The van der Waals surface area contributed by atoms with Crippen molar-refractivity contribution in [2.24, 2.45) is 0 Å². The van der Waals surface area contributed by atoms with Crippen LogP contribution in [0.25, 0.3) is 0 Å². The van der Waals surface area contributed by atoms with Gasteiger partial charge in [0.25, 0.3) is 5.91 Å². The Bertz CT molecular complexity index is 941. The van der Waals surface area contributed by atoms with Crippen LogP contribution in [0.1, 0.15) is 73.9 Å². The summed E-state index contributed by atoms with van der Waals surface area (Å²) >= 11 is 0. The number of carbonyl (C=O) groups excluding carboxylic acids is 1. The topological polar surface area (TPSA) is 40.5 Å². The van der Waals surface area contributed by atoms with Crippen molar-refractivity contribution in [3.05, 3.63) is 71.3 Å². The minimum absolute atomic E-state index is 0.0981. The molecule has 2 saturated carbocycles. The summed E-state index contributed by atoms with van der Waals surface area (Å²) in [6, 6.07) is 16.1. The van der Waals surface area contributed by atoms with Crippen molar-refractivity contribution in [2.45, 2.75) is 81.6 Å². The smallest absolute Gasteiger partial charge is 0.376 e. The van der Waals surface area contributed by atoms with Crippen LogP contribution < -0.4 is 0 Å². The molecule has 2 aromatic rings. The monoisotopic (exact) mass is 445 g/mol. The van der Waals surface area contributed by atoms with Crippen molar-refractivity contribution in [3.8, 4) is 0 Å². The van der Waals surface area contributed by atoms with E-state index < -0.39 is 11.8 Å². The molecular weight excluding hydrogens is 415 g/mol. The van der Waals surface area contributed by atoms with Gasteiger partial charge in [-0.15, -0.1) is 0 Å². The lowest BCUT2D eigenvalue weighted by Gasteiger charge is -2.42. The molecule has 2 aliphatic carbocycles. The molecule has 0 aromatic heterocycles. The standard InChI is InChI=1S/C26H30F3NO2/c1-24(19-6-4-3-5-7-19)16-14-22(15-17-24)30(21-12-13-21)23(31)18-8-10-20(11-9-18)25(2,32)26(27,28)29/h3-11,21-22,32H,12-17H2,1-2H3/t22?,24?,25-/m0/s1. The van der Waals surface area contributed by atoms with E-state index in [1.807, 2.05) is 11.0 Å². The van der Waals surface area contributed by atoms with Gasteiger partial charge in [-0.1, -0.05) is 49.4 Å². The van der Waals surface area contributed by atoms with Crippen LogP contribution in [0.3, 0.4) is 0 Å². The Morgan fingerprint density at radius 1 is 0.938 bits per heavy atom. The van der Waals surface area contributed by atoms with Crippen LogP contribution in [-0.4, -0.2) is 34.2 Å². The number of halogens is 3. The molecule has 3 nitrogen and oxygen atoms in total. The van der Waals surface area contributed by atoms with Crippen LogP contribution >= 0.6 is 0 Å². The third-order valence-corrected chi connectivity index (χ3v) is 7.34. The van der Waals surface area contributed by atoms with Crippen molar-refractivity contribution in [1.29, 1.82) is 0 Å². The highest BCUT2D eigenvalue weighted by atomic mass is 19.4. The molecule has 1 amide bonds. The van der Waals surface area contributed by atoms with E-state index in [4.69, 9.17) is 0 Å². The van der Waals surface area contributed by atoms with E-state index >= 15 is 0 Å². The third kappa shape index (κ3) is 4.29. The first-order chi connectivity index (χ1) is 15.0. The van der Waals surface area contributed by atoms with Crippen LogP contribution in [0, 0.1) is 0 Å². The highest BCUT2D eigenvalue weighted by Crippen LogP contribution is 2.43. The molecule has 0 aliphatic heterocycles. The number of alkyl halides is 3. The maximum absolute atomic E-state index is 13.4. The normalized spacial score (nSPS) is 25.8. The van der Waals surface area contributed by atoms with E-state index in [9.17, 15) is 23.1 Å². The minimum atomic E-state index is -4.79. The molecule has 0 spiro atoms. The average Bonchev–Trinajstić information content (AvgIpc) is 3.60. The van der Waals surface area contributed by atoms with Gasteiger partial charge in [0.2, 0.25) is 0 Å². The highest BCUT2D eigenvalue weighted by molar-refractivity contribution is 5.95. The fourth-order valence-electron chi connectivity index (χ4n) is 4.88. The summed E-state index contributed by atoms with van der Waals surface area (Å²) in [6.45, 7) is 3.01. The summed E-state index contributed by atoms with van der Waals surface area (Å²) in [6.07, 6.45) is 0.963. The lowest BCUT2D eigenvalue weighted by atomic mass is 9.69. The van der Waals surface area contributed by atoms with E-state index in [0.717, 1.165) is 45.4 Å². The zero-order valence-corrected chi connectivity index (χ0v) is 18.5. The third-order valence-electron chi connectivity index (χ3n) is 7.34. The van der Waals surface area contributed by atoms with Gasteiger partial charge in [-0.3, -0.25) is 4.79 Å². The van der Waals surface area contributed by atoms with Gasteiger partial charge in [-0.05, 0) is 74.1 Å². The molecule has 0 radical (unpaired) electrons. The predicted octanol–water partition coefficient (Wildman–Crippen LogP) is 5.96. The van der Waals surface area contributed by atoms with Gasteiger partial charge in [0, 0.05) is 17.6 Å². The Hall–Kier alpha value is -2.34. The second kappa shape index (κ2) is 8.22. The van der Waals surface area contributed by atoms with Gasteiger partial charge in [-0.25, -0.2) is 0 Å². The lowest BCUT2D eigenvalue weighted by Crippen LogP contribution is -2.46. The maximum Gasteiger partial charge on any atom is 0.421 e. The Balaban J connectivity index is 1.49. The molecular formula is C26H30F3NO2. The summed E-state index contributed by atoms with van der Waals surface area (Å²) in [4.78, 5) is 15.3. The van der Waals surface area contributed by atoms with E-state index in [-0.39, 0.29) is 29.0 Å². The molecule has 0 heterocycles. The Morgan fingerprint density at radius 2 is 1.47 bits per heavy atom. The first-order valence-electron chi connectivity index (χ1n) is 11.3. The van der Waals surface area contributed by atoms with Gasteiger partial charge in [-0.2, -0.15) is 13.2 Å². The van der Waals surface area contributed by atoms with Crippen molar-refractivity contribution in [2.75, 3.05) is 0 Å². The molecule has 32 heavy (non-hydrogen) atoms. The quantitative estimate of drug-likeness (QED) is 0.617. The number of nitrogens with zero attached hydrogens (tertiary/aromatic N) is 1. The van der Waals surface area contributed by atoms with E-state index in [2.05, 4.69) is 31.2 Å². The molecule has 1 N–H and O–H groups in total. The van der Waals surface area contributed by atoms with Crippen LogP contribution in [-0.2, 0) is 11.0 Å². The zero-order chi connectivity index (χ0) is 23.1. The minimum Gasteiger partial charge on any atom is -0.376 e. The van der Waals surface area contributed by atoms with E-state index in [0.29, 0.717) is 5.56 Å². The fraction of sp³-hybridized carbons (Fsp3) is 0.500. The molecule has 2 aliphatic rings. The summed E-state index contributed by atoms with van der Waals surface area (Å²) < 4.78 is 39.4. The predicted molar refractivity (Wildman–Crippen MR) is 117 cm³/mol. The van der Waals surface area contributed by atoms with Crippen LogP contribution in [0.2, 0.25) is 0 Å². The van der Waals surface area contributed by atoms with Gasteiger partial charge >= 0.3 is 6.18 Å². The Kier molecular flexibility index (Phi) is 5.86. The molecule has 0 bridgehead atoms. The van der Waals surface area contributed by atoms with E-state index in [1.165, 1.54) is 29.8 Å². The summed E-state index contributed by atoms with van der Waals surface area (Å²) in [5, 5.41) is 9.89. The zero-order valence-electron chi connectivity index (χ0n) is 18.5. The van der Waals surface area contributed by atoms with Crippen LogP contribution in [0.5, 0.6) is 0 Å². The molecule has 2 fully saturated rings. The van der Waals surface area contributed by atoms with Gasteiger partial charge in [0.15, 0.2) is 5.60 Å². The lowest BCUT2D eigenvalue weighted by molar-refractivity contribution is -0.258. The largest absolute Gasteiger partial charge is 0.421 e. The number of benzene rings is 2. The second-order valence-corrected chi connectivity index (χ2v) is 9.75. The number of hydrogen-bond donors (Lipinski definition) is 1. The van der Waals surface area contributed by atoms with Crippen molar-refractivity contribution in [1.82, 2.24) is 4.90 Å². The SMILES string of the molecule is CC1(c2ccccc2)CCC(N(C(=O)c2ccc([C@](C)(O)C(F)(F)F)cc2)C2CC2)CC1. The van der Waals surface area contributed by atoms with Gasteiger partial charge < -0.3 is 10.0 Å². The number of carbonyl (C=O) groups is 1. The number of hydrogen-bond acceptors (Lipinski definition) is 2. The van der Waals surface area contributed by atoms with Crippen molar-refractivity contribution < 1.29 is 23.1 Å². The summed E-state index contributed by atoms with van der Waals surface area (Å²) in [7, 11) is 0. The fourth-order valence-corrected chi connectivity index (χ4v) is 4.88. The summed E-state index contributed by atoms with van der Waals surface area (Å²) in [5.74, 6) is -0.126. The van der Waals surface area contributed by atoms with E-state index in [1.54, 1.807) is 0 Å². The molecule has 4 rings (SSSR count). The first-order valence-corrected chi connectivity index (χ1v) is 11.3. The second-order valence-electron chi connectivity index (χ2n) is 9.75. The Labute approximate surface area is 187 Å². The maximum atomic E-state index is 13.4. The number of amides is 1. The number of aliphatic hydroxyl groups is 1. The van der Waals surface area contributed by atoms with Gasteiger partial charge in [0.05, 0.1) is 0 Å². The number of rotatable bonds is 5. The first kappa shape index (κ1) is 22.8. The molecule has 0 unspecified atom stereocenters. The molecule has 1 atom stereocenters. The molecule has 6 heteroatoms.